The van der Waals surface area contributed by atoms with E-state index in [1.807, 2.05) is 12.1 Å². The van der Waals surface area contributed by atoms with E-state index in [0.717, 1.165) is 23.9 Å². The molecule has 2 nitrogen and oxygen atoms in total. The zero-order valence-corrected chi connectivity index (χ0v) is 11.6. The van der Waals surface area contributed by atoms with Crippen molar-refractivity contribution in [1.29, 1.82) is 0 Å². The van der Waals surface area contributed by atoms with Gasteiger partial charge in [-0.25, -0.2) is 0 Å². The second kappa shape index (κ2) is 3.93. The first-order valence-electron chi connectivity index (χ1n) is 5.73. The van der Waals surface area contributed by atoms with Gasteiger partial charge in [-0.1, -0.05) is 6.07 Å². The van der Waals surface area contributed by atoms with E-state index in [-0.39, 0.29) is 20.1 Å². The molecule has 1 aliphatic rings. The summed E-state index contributed by atoms with van der Waals surface area (Å²) in [6.07, 6.45) is 5.68. The summed E-state index contributed by atoms with van der Waals surface area (Å²) >= 11 is 0. The zero-order chi connectivity index (χ0) is 10.5. The molecule has 0 saturated carbocycles. The largest absolute Gasteiger partial charge is 0.344 e. The molecule has 0 amide bonds. The van der Waals surface area contributed by atoms with Crippen molar-refractivity contribution in [1.82, 2.24) is 9.38 Å². The van der Waals surface area contributed by atoms with E-state index in [1.165, 1.54) is 23.2 Å². The molecule has 1 aliphatic carbocycles. The summed E-state index contributed by atoms with van der Waals surface area (Å²) in [4.78, 5) is 4.75. The van der Waals surface area contributed by atoms with Crippen molar-refractivity contribution >= 4 is 16.4 Å². The minimum absolute atomic E-state index is 0. The zero-order valence-electron chi connectivity index (χ0n) is 9.24. The smallest absolute Gasteiger partial charge is 0.0609 e. The van der Waals surface area contributed by atoms with Crippen molar-refractivity contribution in [3.63, 3.8) is 0 Å². The van der Waals surface area contributed by atoms with Crippen LogP contribution in [-0.2, 0) is 32.9 Å². The molecule has 0 fully saturated rings. The normalized spacial score (nSPS) is 13.9. The Morgan fingerprint density at radius 2 is 2.18 bits per heavy atom. The van der Waals surface area contributed by atoms with Crippen LogP contribution in [0.1, 0.15) is 17.8 Å². The van der Waals surface area contributed by atoms with Gasteiger partial charge in [-0.05, 0) is 25.5 Å². The van der Waals surface area contributed by atoms with Crippen molar-refractivity contribution in [3.05, 3.63) is 47.9 Å². The number of benzene rings is 1. The first-order chi connectivity index (χ1) is 7.93. The predicted molar refractivity (Wildman–Crippen MR) is 63.6 cm³/mol. The molecule has 0 saturated heterocycles. The standard InChI is InChI=1S/C14H11N2.Ir/c1-2-5-11-10(4-1)8-9-16-13-7-3-6-12(13)15-14(11)16;/h1-2,4,8-9H,3,6-7H2;/q-1;. The fraction of sp³-hybridized carbons (Fsp3) is 0.214. The summed E-state index contributed by atoms with van der Waals surface area (Å²) in [6, 6.07) is 11.6. The van der Waals surface area contributed by atoms with Gasteiger partial charge in [0.1, 0.15) is 0 Å². The summed E-state index contributed by atoms with van der Waals surface area (Å²) in [6.45, 7) is 0. The molecular weight excluding hydrogens is 388 g/mol. The Balaban J connectivity index is 0.000000902. The fourth-order valence-corrected chi connectivity index (χ4v) is 2.68. The number of aryl methyl sites for hydroxylation is 2. The van der Waals surface area contributed by atoms with Crippen molar-refractivity contribution in [3.8, 4) is 0 Å². The molecule has 87 valence electrons. The van der Waals surface area contributed by atoms with Gasteiger partial charge in [0.25, 0.3) is 0 Å². The molecule has 0 atom stereocenters. The van der Waals surface area contributed by atoms with E-state index < -0.39 is 0 Å². The third kappa shape index (κ3) is 1.46. The minimum Gasteiger partial charge on any atom is -0.344 e. The van der Waals surface area contributed by atoms with Crippen molar-refractivity contribution in [2.75, 3.05) is 0 Å². The number of hydrogen-bond acceptors (Lipinski definition) is 1. The van der Waals surface area contributed by atoms with Gasteiger partial charge in [0.2, 0.25) is 0 Å². The maximum atomic E-state index is 4.75. The molecule has 0 spiro atoms. The monoisotopic (exact) mass is 400 g/mol. The molecule has 17 heavy (non-hydrogen) atoms. The van der Waals surface area contributed by atoms with Crippen LogP contribution < -0.4 is 0 Å². The van der Waals surface area contributed by atoms with E-state index >= 15 is 0 Å². The fourth-order valence-electron chi connectivity index (χ4n) is 2.68. The van der Waals surface area contributed by atoms with Gasteiger partial charge in [-0.3, -0.25) is 4.98 Å². The quantitative estimate of drug-likeness (QED) is 0.532. The molecule has 1 radical (unpaired) electrons. The van der Waals surface area contributed by atoms with Gasteiger partial charge in [0.05, 0.1) is 11.3 Å². The van der Waals surface area contributed by atoms with Crippen molar-refractivity contribution < 1.29 is 20.1 Å². The summed E-state index contributed by atoms with van der Waals surface area (Å²) < 4.78 is 2.24. The summed E-state index contributed by atoms with van der Waals surface area (Å²) in [5, 5.41) is 2.36. The molecule has 0 aliphatic heterocycles. The van der Waals surface area contributed by atoms with E-state index in [9.17, 15) is 0 Å². The van der Waals surface area contributed by atoms with Gasteiger partial charge in [-0.15, -0.1) is 35.0 Å². The van der Waals surface area contributed by atoms with Crippen molar-refractivity contribution in [2.24, 2.45) is 0 Å². The molecule has 0 unspecified atom stereocenters. The number of hydrogen-bond donors (Lipinski definition) is 0. The van der Waals surface area contributed by atoms with Gasteiger partial charge in [-0.2, -0.15) is 0 Å². The first kappa shape index (κ1) is 10.9. The van der Waals surface area contributed by atoms with Crippen LogP contribution in [0.5, 0.6) is 0 Å². The second-order valence-electron chi connectivity index (χ2n) is 4.37. The summed E-state index contributed by atoms with van der Waals surface area (Å²) in [7, 11) is 0. The topological polar surface area (TPSA) is 17.3 Å². The van der Waals surface area contributed by atoms with Gasteiger partial charge >= 0.3 is 0 Å². The van der Waals surface area contributed by atoms with Crippen molar-refractivity contribution in [2.45, 2.75) is 19.3 Å². The van der Waals surface area contributed by atoms with Gasteiger partial charge < -0.3 is 4.40 Å². The molecule has 3 heteroatoms. The van der Waals surface area contributed by atoms with Gasteiger partial charge in [0.15, 0.2) is 0 Å². The Labute approximate surface area is 113 Å². The SMILES string of the molecule is [Ir].[c-]1cccc2ccn3c4c(nc3c12)CCC4. The Hall–Kier alpha value is -1.18. The van der Waals surface area contributed by atoms with E-state index in [2.05, 4.69) is 28.8 Å². The summed E-state index contributed by atoms with van der Waals surface area (Å²) in [5.74, 6) is 0. The molecule has 4 rings (SSSR count). The first-order valence-corrected chi connectivity index (χ1v) is 5.73. The molecule has 0 N–H and O–H groups in total. The van der Waals surface area contributed by atoms with Crippen LogP contribution in [0.3, 0.4) is 0 Å². The number of rotatable bonds is 0. The maximum Gasteiger partial charge on any atom is 0.0609 e. The van der Waals surface area contributed by atoms with Crippen LogP contribution in [0.2, 0.25) is 0 Å². The number of aromatic nitrogens is 2. The molecule has 0 bridgehead atoms. The van der Waals surface area contributed by atoms with Crippen LogP contribution in [0.15, 0.2) is 30.5 Å². The molecule has 2 heterocycles. The Kier molecular flexibility index (Phi) is 2.53. The minimum atomic E-state index is 0. The maximum absolute atomic E-state index is 4.75. The van der Waals surface area contributed by atoms with Crippen LogP contribution in [0.25, 0.3) is 16.4 Å². The Morgan fingerprint density at radius 1 is 1.24 bits per heavy atom. The molecule has 2 aromatic heterocycles. The van der Waals surface area contributed by atoms with Crippen LogP contribution in [0, 0.1) is 6.07 Å². The third-order valence-electron chi connectivity index (χ3n) is 3.44. The number of nitrogens with zero attached hydrogens (tertiary/aromatic N) is 2. The van der Waals surface area contributed by atoms with E-state index in [0.29, 0.717) is 0 Å². The predicted octanol–water partition coefficient (Wildman–Crippen LogP) is 2.77. The average Bonchev–Trinajstić information content (AvgIpc) is 2.88. The molecule has 1 aromatic carbocycles. The average molecular weight is 399 g/mol. The van der Waals surface area contributed by atoms with Crippen LogP contribution in [0.4, 0.5) is 0 Å². The van der Waals surface area contributed by atoms with E-state index in [4.69, 9.17) is 4.98 Å². The number of imidazole rings is 1. The summed E-state index contributed by atoms with van der Waals surface area (Å²) in [5.41, 5.74) is 3.75. The number of fused-ring (bicyclic) bond motifs is 5. The third-order valence-corrected chi connectivity index (χ3v) is 3.44. The molecule has 3 aromatic rings. The Bertz CT molecular complexity index is 700. The van der Waals surface area contributed by atoms with Crippen LogP contribution in [-0.4, -0.2) is 9.38 Å². The number of pyridine rings is 1. The van der Waals surface area contributed by atoms with Crippen LogP contribution >= 0.6 is 0 Å². The second-order valence-corrected chi connectivity index (χ2v) is 4.37. The van der Waals surface area contributed by atoms with Gasteiger partial charge in [0, 0.05) is 25.8 Å². The molecular formula is C14H11IrN2-. The van der Waals surface area contributed by atoms with E-state index in [1.54, 1.807) is 0 Å². The Morgan fingerprint density at radius 3 is 3.12 bits per heavy atom.